The van der Waals surface area contributed by atoms with E-state index in [0.29, 0.717) is 23.9 Å². The van der Waals surface area contributed by atoms with Crippen molar-refractivity contribution >= 4 is 11.8 Å². The topological polar surface area (TPSA) is 58.2 Å². The lowest BCUT2D eigenvalue weighted by molar-refractivity contribution is -0.128. The fraction of sp³-hybridized carbons (Fsp3) is 0.917. The van der Waals surface area contributed by atoms with Crippen LogP contribution >= 0.6 is 0 Å². The van der Waals surface area contributed by atoms with Crippen molar-refractivity contribution in [2.75, 3.05) is 0 Å². The Morgan fingerprint density at radius 1 is 0.464 bits per heavy atom. The Labute approximate surface area is 171 Å². The minimum atomic E-state index is 0.255. The van der Waals surface area contributed by atoms with Crippen molar-refractivity contribution < 1.29 is 9.59 Å². The third-order valence-electron chi connectivity index (χ3n) is 8.36. The molecule has 4 aliphatic carbocycles. The third kappa shape index (κ3) is 5.10. The molecule has 28 heavy (non-hydrogen) atoms. The summed E-state index contributed by atoms with van der Waals surface area (Å²) < 4.78 is 0. The van der Waals surface area contributed by atoms with Gasteiger partial charge < -0.3 is 10.6 Å². The van der Waals surface area contributed by atoms with E-state index in [2.05, 4.69) is 10.6 Å². The lowest BCUT2D eigenvalue weighted by Gasteiger charge is -2.37. The van der Waals surface area contributed by atoms with Crippen molar-refractivity contribution in [2.24, 2.45) is 23.7 Å². The molecule has 0 radical (unpaired) electrons. The van der Waals surface area contributed by atoms with Gasteiger partial charge in [-0.2, -0.15) is 0 Å². The molecule has 158 valence electrons. The number of hydrogen-bond acceptors (Lipinski definition) is 2. The van der Waals surface area contributed by atoms with Crippen LogP contribution in [0.4, 0.5) is 0 Å². The van der Waals surface area contributed by atoms with E-state index in [1.807, 2.05) is 0 Å². The molecule has 0 unspecified atom stereocenters. The van der Waals surface area contributed by atoms with Crippen LogP contribution in [0.1, 0.15) is 103 Å². The Bertz CT molecular complexity index is 473. The van der Waals surface area contributed by atoms with Gasteiger partial charge in [0.25, 0.3) is 0 Å². The van der Waals surface area contributed by atoms with Crippen molar-refractivity contribution in [1.82, 2.24) is 10.6 Å². The predicted molar refractivity (Wildman–Crippen MR) is 112 cm³/mol. The second kappa shape index (κ2) is 9.63. The molecule has 4 saturated carbocycles. The summed E-state index contributed by atoms with van der Waals surface area (Å²) in [6.45, 7) is 0. The first-order valence-electron chi connectivity index (χ1n) is 12.3. The van der Waals surface area contributed by atoms with Crippen LogP contribution in [-0.4, -0.2) is 23.9 Å². The van der Waals surface area contributed by atoms with Crippen LogP contribution in [0.5, 0.6) is 0 Å². The van der Waals surface area contributed by atoms with Crippen LogP contribution in [0.15, 0.2) is 0 Å². The standard InChI is InChI=1S/C24H40N2O2/c27-23(25-21-5-1-2-6-21)19-13-9-17(10-14-19)18-11-15-20(16-12-18)24(28)26-22-7-3-4-8-22/h17-22H,1-16H2,(H,25,27)(H,26,28). The number of carbonyl (C=O) groups is 2. The summed E-state index contributed by atoms with van der Waals surface area (Å²) in [5, 5.41) is 6.61. The molecule has 2 amide bonds. The van der Waals surface area contributed by atoms with Gasteiger partial charge in [0.2, 0.25) is 11.8 Å². The van der Waals surface area contributed by atoms with Crippen molar-refractivity contribution in [1.29, 1.82) is 0 Å². The monoisotopic (exact) mass is 388 g/mol. The van der Waals surface area contributed by atoms with Gasteiger partial charge in [-0.15, -0.1) is 0 Å². The Hall–Kier alpha value is -1.06. The summed E-state index contributed by atoms with van der Waals surface area (Å²) in [6.07, 6.45) is 19.0. The van der Waals surface area contributed by atoms with E-state index in [0.717, 1.165) is 37.5 Å². The third-order valence-corrected chi connectivity index (χ3v) is 8.36. The van der Waals surface area contributed by atoms with Gasteiger partial charge in [0.1, 0.15) is 0 Å². The van der Waals surface area contributed by atoms with Crippen molar-refractivity contribution in [3.63, 3.8) is 0 Å². The molecule has 0 aromatic heterocycles. The molecular weight excluding hydrogens is 348 g/mol. The molecule has 0 saturated heterocycles. The van der Waals surface area contributed by atoms with Crippen molar-refractivity contribution in [3.05, 3.63) is 0 Å². The minimum Gasteiger partial charge on any atom is -0.353 e. The molecular formula is C24H40N2O2. The normalized spacial score (nSPS) is 35.0. The van der Waals surface area contributed by atoms with E-state index in [-0.39, 0.29) is 11.8 Å². The highest BCUT2D eigenvalue weighted by molar-refractivity contribution is 5.79. The van der Waals surface area contributed by atoms with Crippen LogP contribution in [0.3, 0.4) is 0 Å². The summed E-state index contributed by atoms with van der Waals surface area (Å²) >= 11 is 0. The Balaban J connectivity index is 1.15. The maximum Gasteiger partial charge on any atom is 0.223 e. The second-order valence-electron chi connectivity index (χ2n) is 10.2. The van der Waals surface area contributed by atoms with E-state index in [1.54, 1.807) is 0 Å². The van der Waals surface area contributed by atoms with Crippen LogP contribution in [0.2, 0.25) is 0 Å². The van der Waals surface area contributed by atoms with E-state index in [1.165, 1.54) is 77.0 Å². The zero-order valence-corrected chi connectivity index (χ0v) is 17.6. The van der Waals surface area contributed by atoms with Gasteiger partial charge in [0.15, 0.2) is 0 Å². The first-order valence-corrected chi connectivity index (χ1v) is 12.3. The summed E-state index contributed by atoms with van der Waals surface area (Å²) in [6, 6.07) is 0.909. The van der Waals surface area contributed by atoms with E-state index >= 15 is 0 Å². The van der Waals surface area contributed by atoms with E-state index in [4.69, 9.17) is 0 Å². The molecule has 2 N–H and O–H groups in total. The highest BCUT2D eigenvalue weighted by atomic mass is 16.2. The van der Waals surface area contributed by atoms with Crippen molar-refractivity contribution in [2.45, 2.75) is 115 Å². The largest absolute Gasteiger partial charge is 0.353 e. The Morgan fingerprint density at radius 3 is 1.11 bits per heavy atom. The number of nitrogens with one attached hydrogen (secondary N) is 2. The molecule has 0 aromatic rings. The van der Waals surface area contributed by atoms with Crippen LogP contribution in [-0.2, 0) is 9.59 Å². The highest BCUT2D eigenvalue weighted by Crippen LogP contribution is 2.41. The van der Waals surface area contributed by atoms with Crippen molar-refractivity contribution in [3.8, 4) is 0 Å². The van der Waals surface area contributed by atoms with Gasteiger partial charge in [-0.1, -0.05) is 25.7 Å². The molecule has 0 atom stereocenters. The molecule has 4 heteroatoms. The van der Waals surface area contributed by atoms with Gasteiger partial charge in [-0.25, -0.2) is 0 Å². The molecule has 4 nitrogen and oxygen atoms in total. The fourth-order valence-corrected chi connectivity index (χ4v) is 6.48. The molecule has 0 aromatic carbocycles. The number of rotatable bonds is 5. The van der Waals surface area contributed by atoms with Gasteiger partial charge in [-0.05, 0) is 88.9 Å². The summed E-state index contributed by atoms with van der Waals surface area (Å²) in [5.74, 6) is 2.75. The lowest BCUT2D eigenvalue weighted by Crippen LogP contribution is -2.40. The zero-order chi connectivity index (χ0) is 19.3. The average Bonchev–Trinajstić information content (AvgIpc) is 3.42. The molecule has 0 aliphatic heterocycles. The smallest absolute Gasteiger partial charge is 0.223 e. The van der Waals surface area contributed by atoms with E-state index in [9.17, 15) is 9.59 Å². The summed E-state index contributed by atoms with van der Waals surface area (Å²) in [5.41, 5.74) is 0. The average molecular weight is 389 g/mol. The predicted octanol–water partition coefficient (Wildman–Crippen LogP) is 4.72. The molecule has 4 aliphatic rings. The molecule has 4 rings (SSSR count). The van der Waals surface area contributed by atoms with E-state index < -0.39 is 0 Å². The lowest BCUT2D eigenvalue weighted by atomic mass is 9.69. The van der Waals surface area contributed by atoms with Crippen LogP contribution in [0.25, 0.3) is 0 Å². The molecule has 0 spiro atoms. The van der Waals surface area contributed by atoms with Gasteiger partial charge in [0, 0.05) is 23.9 Å². The summed E-state index contributed by atoms with van der Waals surface area (Å²) in [4.78, 5) is 25.1. The Morgan fingerprint density at radius 2 is 0.786 bits per heavy atom. The maximum absolute atomic E-state index is 12.5. The van der Waals surface area contributed by atoms with Gasteiger partial charge in [0.05, 0.1) is 0 Å². The van der Waals surface area contributed by atoms with Crippen LogP contribution in [0, 0.1) is 23.7 Å². The summed E-state index contributed by atoms with van der Waals surface area (Å²) in [7, 11) is 0. The first kappa shape index (κ1) is 20.2. The number of amides is 2. The molecule has 0 bridgehead atoms. The molecule has 4 fully saturated rings. The molecule has 0 heterocycles. The van der Waals surface area contributed by atoms with Gasteiger partial charge in [-0.3, -0.25) is 9.59 Å². The van der Waals surface area contributed by atoms with Gasteiger partial charge >= 0.3 is 0 Å². The fourth-order valence-electron chi connectivity index (χ4n) is 6.48. The zero-order valence-electron chi connectivity index (χ0n) is 17.6. The minimum absolute atomic E-state index is 0.255. The highest BCUT2D eigenvalue weighted by Gasteiger charge is 2.35. The quantitative estimate of drug-likeness (QED) is 0.716. The Kier molecular flexibility index (Phi) is 6.95. The number of carbonyl (C=O) groups excluding carboxylic acids is 2. The first-order chi connectivity index (χ1) is 13.7. The SMILES string of the molecule is O=C(NC1CCCC1)C1CCC(C2CCC(C(=O)NC3CCCC3)CC2)CC1. The maximum atomic E-state index is 12.5. The number of hydrogen-bond donors (Lipinski definition) is 2. The van der Waals surface area contributed by atoms with Crippen LogP contribution < -0.4 is 10.6 Å². The second-order valence-corrected chi connectivity index (χ2v) is 10.2.